The Morgan fingerprint density at radius 1 is 0.905 bits per heavy atom. The third-order valence-electron chi connectivity index (χ3n) is 5.62. The average Bonchev–Trinajstić information content (AvgIpc) is 2.97. The van der Waals surface area contributed by atoms with Crippen LogP contribution in [0.15, 0.2) is 90.0 Å². The van der Waals surface area contributed by atoms with Gasteiger partial charge >= 0.3 is 6.09 Å². The number of nitrogens with one attached hydrogen (secondary N) is 2. The SMILES string of the molecule is COc1ccccc1Oc1c(NS(=O)(=O)c2ccc(C)cc2)cc(C(=O)[O-])cc1OCCOC(=O)Nc1ccccn1. The van der Waals surface area contributed by atoms with Gasteiger partial charge in [-0.05, 0) is 55.5 Å². The number of aryl methyl sites for hydroxylation is 1. The second-order valence-corrected chi connectivity index (χ2v) is 10.3. The predicted molar refractivity (Wildman–Crippen MR) is 151 cm³/mol. The van der Waals surface area contributed by atoms with Crippen LogP contribution in [-0.4, -0.2) is 45.8 Å². The van der Waals surface area contributed by atoms with Gasteiger partial charge < -0.3 is 28.8 Å². The molecule has 1 amide bonds. The van der Waals surface area contributed by atoms with E-state index in [0.29, 0.717) is 5.75 Å². The quantitative estimate of drug-likeness (QED) is 0.230. The van der Waals surface area contributed by atoms with Crippen LogP contribution in [0.2, 0.25) is 0 Å². The Labute approximate surface area is 241 Å². The van der Waals surface area contributed by atoms with Crippen LogP contribution in [0.1, 0.15) is 15.9 Å². The molecule has 218 valence electrons. The number of ether oxygens (including phenoxy) is 4. The minimum Gasteiger partial charge on any atom is -0.545 e. The first-order valence-corrected chi connectivity index (χ1v) is 13.9. The van der Waals surface area contributed by atoms with E-state index in [4.69, 9.17) is 18.9 Å². The molecule has 1 aromatic heterocycles. The highest BCUT2D eigenvalue weighted by molar-refractivity contribution is 7.92. The van der Waals surface area contributed by atoms with Gasteiger partial charge in [-0.3, -0.25) is 10.0 Å². The number of para-hydroxylation sites is 2. The molecule has 13 heteroatoms. The number of nitrogens with zero attached hydrogens (tertiary/aromatic N) is 1. The molecule has 0 spiro atoms. The van der Waals surface area contributed by atoms with Crippen molar-refractivity contribution in [1.82, 2.24) is 4.98 Å². The van der Waals surface area contributed by atoms with Gasteiger partial charge in [0.05, 0.1) is 23.7 Å². The lowest BCUT2D eigenvalue weighted by Gasteiger charge is -2.20. The molecule has 0 bridgehead atoms. The summed E-state index contributed by atoms with van der Waals surface area (Å²) in [5.74, 6) is -1.15. The van der Waals surface area contributed by atoms with Crippen LogP contribution in [0.5, 0.6) is 23.0 Å². The van der Waals surface area contributed by atoms with Gasteiger partial charge in [-0.2, -0.15) is 0 Å². The fourth-order valence-corrected chi connectivity index (χ4v) is 4.66. The number of sulfonamides is 1. The Morgan fingerprint density at radius 2 is 1.62 bits per heavy atom. The smallest absolute Gasteiger partial charge is 0.412 e. The molecule has 2 N–H and O–H groups in total. The minimum absolute atomic E-state index is 0.0648. The third-order valence-corrected chi connectivity index (χ3v) is 7.00. The number of methoxy groups -OCH3 is 1. The van der Waals surface area contributed by atoms with E-state index in [2.05, 4.69) is 15.0 Å². The van der Waals surface area contributed by atoms with Crippen LogP contribution in [0, 0.1) is 6.92 Å². The molecule has 1 heterocycles. The molecular weight excluding hydrogens is 566 g/mol. The van der Waals surface area contributed by atoms with Crippen LogP contribution in [0.3, 0.4) is 0 Å². The number of hydrogen-bond donors (Lipinski definition) is 2. The fourth-order valence-electron chi connectivity index (χ4n) is 3.61. The van der Waals surface area contributed by atoms with Crippen LogP contribution in [0.4, 0.5) is 16.3 Å². The third kappa shape index (κ3) is 7.67. The van der Waals surface area contributed by atoms with E-state index in [1.165, 1.54) is 25.4 Å². The van der Waals surface area contributed by atoms with Crippen molar-refractivity contribution < 1.29 is 42.1 Å². The predicted octanol–water partition coefficient (Wildman–Crippen LogP) is 3.98. The molecule has 0 atom stereocenters. The molecule has 0 saturated heterocycles. The van der Waals surface area contributed by atoms with E-state index in [-0.39, 0.29) is 46.9 Å². The Kier molecular flexibility index (Phi) is 9.45. The summed E-state index contributed by atoms with van der Waals surface area (Å²) in [6.45, 7) is 1.30. The van der Waals surface area contributed by atoms with Crippen molar-refractivity contribution in [3.05, 3.63) is 96.2 Å². The molecule has 42 heavy (non-hydrogen) atoms. The molecule has 3 aromatic carbocycles. The second-order valence-electron chi connectivity index (χ2n) is 8.63. The number of benzene rings is 3. The summed E-state index contributed by atoms with van der Waals surface area (Å²) < 4.78 is 51.1. The van der Waals surface area contributed by atoms with Gasteiger partial charge in [-0.1, -0.05) is 35.9 Å². The zero-order chi connectivity index (χ0) is 30.1. The summed E-state index contributed by atoms with van der Waals surface area (Å²) in [5.41, 5.74) is 0.208. The van der Waals surface area contributed by atoms with Gasteiger partial charge in [-0.15, -0.1) is 0 Å². The number of carbonyl (C=O) groups is 2. The van der Waals surface area contributed by atoms with Gasteiger partial charge in [0.1, 0.15) is 19.0 Å². The van der Waals surface area contributed by atoms with E-state index in [0.717, 1.165) is 17.7 Å². The standard InChI is InChI=1S/C29H27N3O9S/c1-19-10-12-21(13-11-19)42(36,37)32-22-17-20(28(33)34)18-25(27(22)41-24-8-4-3-7-23(24)38-2)39-15-16-40-29(35)31-26-9-5-6-14-30-26/h3-14,17-18,32H,15-16H2,1-2H3,(H,33,34)(H,30,31,35)/p-1. The van der Waals surface area contributed by atoms with Crippen LogP contribution in [0.25, 0.3) is 0 Å². The highest BCUT2D eigenvalue weighted by Crippen LogP contribution is 2.43. The van der Waals surface area contributed by atoms with Gasteiger partial charge in [0.15, 0.2) is 23.0 Å². The van der Waals surface area contributed by atoms with E-state index < -0.39 is 27.6 Å². The van der Waals surface area contributed by atoms with E-state index in [1.54, 1.807) is 54.6 Å². The minimum atomic E-state index is -4.20. The Hall–Kier alpha value is -5.30. The first kappa shape index (κ1) is 29.7. The second kappa shape index (κ2) is 13.4. The first-order chi connectivity index (χ1) is 20.2. The van der Waals surface area contributed by atoms with Crippen molar-refractivity contribution >= 4 is 33.6 Å². The van der Waals surface area contributed by atoms with Crippen molar-refractivity contribution in [2.24, 2.45) is 0 Å². The van der Waals surface area contributed by atoms with Crippen molar-refractivity contribution in [1.29, 1.82) is 0 Å². The Balaban J connectivity index is 1.64. The number of anilines is 2. The number of carbonyl (C=O) groups excluding carboxylic acids is 2. The van der Waals surface area contributed by atoms with E-state index in [9.17, 15) is 23.1 Å². The summed E-state index contributed by atoms with van der Waals surface area (Å²) >= 11 is 0. The topological polar surface area (TPSA) is 165 Å². The average molecular weight is 593 g/mol. The molecule has 0 unspecified atom stereocenters. The van der Waals surface area contributed by atoms with Crippen molar-refractivity contribution in [3.63, 3.8) is 0 Å². The van der Waals surface area contributed by atoms with E-state index in [1.807, 2.05) is 6.92 Å². The summed E-state index contributed by atoms with van der Waals surface area (Å²) in [6, 6.07) is 19.7. The summed E-state index contributed by atoms with van der Waals surface area (Å²) in [4.78, 5) is 27.8. The highest BCUT2D eigenvalue weighted by Gasteiger charge is 2.23. The van der Waals surface area contributed by atoms with Crippen molar-refractivity contribution in [3.8, 4) is 23.0 Å². The normalized spacial score (nSPS) is 10.8. The number of pyridine rings is 1. The molecule has 0 radical (unpaired) electrons. The zero-order valence-corrected chi connectivity index (χ0v) is 23.3. The Morgan fingerprint density at radius 3 is 2.29 bits per heavy atom. The Bertz CT molecular complexity index is 1660. The van der Waals surface area contributed by atoms with E-state index >= 15 is 0 Å². The maximum Gasteiger partial charge on any atom is 0.412 e. The molecule has 0 aliphatic rings. The molecule has 4 aromatic rings. The molecule has 0 aliphatic heterocycles. The van der Waals surface area contributed by atoms with Crippen LogP contribution < -0.4 is 29.4 Å². The number of aromatic nitrogens is 1. The fraction of sp³-hybridized carbons (Fsp3) is 0.138. The number of rotatable bonds is 12. The largest absolute Gasteiger partial charge is 0.545 e. The molecule has 12 nitrogen and oxygen atoms in total. The van der Waals surface area contributed by atoms with Crippen molar-refractivity contribution in [2.45, 2.75) is 11.8 Å². The zero-order valence-electron chi connectivity index (χ0n) is 22.5. The molecule has 4 rings (SSSR count). The first-order valence-electron chi connectivity index (χ1n) is 12.4. The maximum absolute atomic E-state index is 13.3. The molecule has 0 aliphatic carbocycles. The molecule has 0 saturated carbocycles. The number of amides is 1. The van der Waals surface area contributed by atoms with Gasteiger partial charge in [0.2, 0.25) is 0 Å². The van der Waals surface area contributed by atoms with Crippen LogP contribution >= 0.6 is 0 Å². The summed E-state index contributed by atoms with van der Waals surface area (Å²) in [7, 11) is -2.78. The van der Waals surface area contributed by atoms with Gasteiger partial charge in [-0.25, -0.2) is 18.2 Å². The van der Waals surface area contributed by atoms with Crippen LogP contribution in [-0.2, 0) is 14.8 Å². The van der Waals surface area contributed by atoms with Gasteiger partial charge in [0, 0.05) is 11.8 Å². The number of hydrogen-bond acceptors (Lipinski definition) is 10. The summed E-state index contributed by atoms with van der Waals surface area (Å²) in [5, 5.41) is 14.3. The monoisotopic (exact) mass is 592 g/mol. The lowest BCUT2D eigenvalue weighted by molar-refractivity contribution is -0.255. The molecule has 0 fully saturated rings. The van der Waals surface area contributed by atoms with Gasteiger partial charge in [0.25, 0.3) is 10.0 Å². The number of carboxylic acid groups (broad SMARTS) is 1. The lowest BCUT2D eigenvalue weighted by Crippen LogP contribution is -2.23. The van der Waals surface area contributed by atoms with Crippen molar-refractivity contribution in [2.75, 3.05) is 30.4 Å². The maximum atomic E-state index is 13.3. The number of aromatic carboxylic acids is 1. The number of carboxylic acids is 1. The molecular formula is C29H26N3O9S-. The highest BCUT2D eigenvalue weighted by atomic mass is 32.2. The summed E-state index contributed by atoms with van der Waals surface area (Å²) in [6.07, 6.45) is 0.703. The lowest BCUT2D eigenvalue weighted by atomic mass is 10.1.